The summed E-state index contributed by atoms with van der Waals surface area (Å²) in [6, 6.07) is 0. The summed E-state index contributed by atoms with van der Waals surface area (Å²) in [4.78, 5) is 11.4. The fourth-order valence-electron chi connectivity index (χ4n) is 1.32. The van der Waals surface area contributed by atoms with Crippen LogP contribution < -0.4 is 0 Å². The van der Waals surface area contributed by atoms with E-state index in [1.165, 1.54) is 6.26 Å². The minimum Gasteiger partial charge on any atom is -0.435 e. The molecule has 0 aromatic rings. The highest BCUT2D eigenvalue weighted by Crippen LogP contribution is 2.19. The molecule has 1 aliphatic rings. The van der Waals surface area contributed by atoms with Gasteiger partial charge in [-0.15, -0.1) is 0 Å². The van der Waals surface area contributed by atoms with E-state index >= 15 is 0 Å². The Bertz CT molecular complexity index is 216. The van der Waals surface area contributed by atoms with Crippen molar-refractivity contribution in [1.82, 2.24) is 0 Å². The van der Waals surface area contributed by atoms with Crippen molar-refractivity contribution in [3.05, 3.63) is 24.5 Å². The van der Waals surface area contributed by atoms with Crippen molar-refractivity contribution in [2.75, 3.05) is 0 Å². The molecule has 0 fully saturated rings. The van der Waals surface area contributed by atoms with E-state index in [1.807, 2.05) is 13.0 Å². The Labute approximate surface area is 79.3 Å². The van der Waals surface area contributed by atoms with Gasteiger partial charge in [-0.05, 0) is 31.8 Å². The third kappa shape index (κ3) is 3.45. The van der Waals surface area contributed by atoms with Crippen LogP contribution in [0.1, 0.15) is 32.6 Å². The van der Waals surface area contributed by atoms with Gasteiger partial charge in [0.2, 0.25) is 0 Å². The molecule has 0 N–H and O–H groups in total. The molecule has 0 aromatic heterocycles. The van der Waals surface area contributed by atoms with E-state index in [9.17, 15) is 4.79 Å². The molecule has 0 aromatic carbocycles. The zero-order chi connectivity index (χ0) is 9.52. The summed E-state index contributed by atoms with van der Waals surface area (Å²) >= 11 is 0. The molecule has 0 aliphatic heterocycles. The maximum atomic E-state index is 11.4. The molecule has 13 heavy (non-hydrogen) atoms. The average Bonchev–Trinajstić information content (AvgIpc) is 2.19. The van der Waals surface area contributed by atoms with Gasteiger partial charge in [0.05, 0.1) is 12.2 Å². The van der Waals surface area contributed by atoms with Crippen molar-refractivity contribution in [1.29, 1.82) is 0 Å². The Morgan fingerprint density at radius 2 is 2.46 bits per heavy atom. The highest BCUT2D eigenvalue weighted by Gasteiger charge is 2.19. The van der Waals surface area contributed by atoms with E-state index in [-0.39, 0.29) is 11.9 Å². The Balaban J connectivity index is 2.30. The van der Waals surface area contributed by atoms with Crippen LogP contribution >= 0.6 is 0 Å². The maximum absolute atomic E-state index is 11.4. The largest absolute Gasteiger partial charge is 0.435 e. The molecule has 0 saturated heterocycles. The molecule has 0 bridgehead atoms. The van der Waals surface area contributed by atoms with Crippen LogP contribution in [0.4, 0.5) is 0 Å². The van der Waals surface area contributed by atoms with Crippen LogP contribution in [-0.4, -0.2) is 5.97 Å². The van der Waals surface area contributed by atoms with Crippen LogP contribution in [0.2, 0.25) is 0 Å². The molecule has 2 heteroatoms. The smallest absolute Gasteiger partial charge is 0.314 e. The molecule has 1 rings (SSSR count). The maximum Gasteiger partial charge on any atom is 0.314 e. The summed E-state index contributed by atoms with van der Waals surface area (Å²) in [5, 5.41) is 0. The minimum atomic E-state index is -0.0888. The zero-order valence-corrected chi connectivity index (χ0v) is 8.03. The van der Waals surface area contributed by atoms with Gasteiger partial charge >= 0.3 is 5.97 Å². The Kier molecular flexibility index (Phi) is 4.30. The van der Waals surface area contributed by atoms with Crippen molar-refractivity contribution < 1.29 is 9.53 Å². The highest BCUT2D eigenvalue weighted by atomic mass is 16.5. The fourth-order valence-corrected chi connectivity index (χ4v) is 1.32. The topological polar surface area (TPSA) is 26.3 Å². The van der Waals surface area contributed by atoms with Gasteiger partial charge < -0.3 is 4.74 Å². The van der Waals surface area contributed by atoms with E-state index in [1.54, 1.807) is 0 Å². The third-order valence-electron chi connectivity index (χ3n) is 2.12. The van der Waals surface area contributed by atoms with Gasteiger partial charge in [-0.1, -0.05) is 19.1 Å². The van der Waals surface area contributed by atoms with Gasteiger partial charge in [-0.2, -0.15) is 0 Å². The van der Waals surface area contributed by atoms with E-state index in [0.29, 0.717) is 0 Å². The lowest BCUT2D eigenvalue weighted by atomic mass is 9.95. The van der Waals surface area contributed by atoms with E-state index in [2.05, 4.69) is 12.2 Å². The average molecular weight is 180 g/mol. The predicted molar refractivity (Wildman–Crippen MR) is 52.0 cm³/mol. The van der Waals surface area contributed by atoms with Gasteiger partial charge in [-0.3, -0.25) is 4.79 Å². The lowest BCUT2D eigenvalue weighted by Gasteiger charge is -2.14. The number of ether oxygens (including phenoxy) is 1. The number of carbonyl (C=O) groups is 1. The SMILES string of the molecule is CCC=COC(=O)C1CC=CCC1. The predicted octanol–water partition coefficient (Wildman–Crippen LogP) is 2.81. The molecular weight excluding hydrogens is 164 g/mol. The van der Waals surface area contributed by atoms with E-state index in [4.69, 9.17) is 4.74 Å². The Hall–Kier alpha value is -1.05. The second-order valence-corrected chi connectivity index (χ2v) is 3.20. The Morgan fingerprint density at radius 3 is 3.08 bits per heavy atom. The standard InChI is InChI=1S/C11H16O2/c1-2-3-9-13-11(12)10-7-5-4-6-8-10/h3-5,9-10H,2,6-8H2,1H3. The van der Waals surface area contributed by atoms with Gasteiger partial charge in [0, 0.05) is 0 Å². The van der Waals surface area contributed by atoms with E-state index in [0.717, 1.165) is 25.7 Å². The monoisotopic (exact) mass is 180 g/mol. The number of hydrogen-bond acceptors (Lipinski definition) is 2. The van der Waals surface area contributed by atoms with Crippen molar-refractivity contribution in [3.63, 3.8) is 0 Å². The summed E-state index contributed by atoms with van der Waals surface area (Å²) < 4.78 is 4.97. The van der Waals surface area contributed by atoms with Crippen molar-refractivity contribution in [3.8, 4) is 0 Å². The van der Waals surface area contributed by atoms with E-state index < -0.39 is 0 Å². The first-order valence-corrected chi connectivity index (χ1v) is 4.85. The van der Waals surface area contributed by atoms with Crippen LogP contribution in [0.25, 0.3) is 0 Å². The van der Waals surface area contributed by atoms with Crippen LogP contribution in [0.5, 0.6) is 0 Å². The summed E-state index contributed by atoms with van der Waals surface area (Å²) in [6.07, 6.45) is 11.2. The first-order chi connectivity index (χ1) is 6.34. The van der Waals surface area contributed by atoms with Gasteiger partial charge in [0.1, 0.15) is 0 Å². The van der Waals surface area contributed by atoms with Crippen LogP contribution in [0.15, 0.2) is 24.5 Å². The van der Waals surface area contributed by atoms with Gasteiger partial charge in [0.15, 0.2) is 0 Å². The van der Waals surface area contributed by atoms with Crippen molar-refractivity contribution >= 4 is 5.97 Å². The third-order valence-corrected chi connectivity index (χ3v) is 2.12. The molecule has 72 valence electrons. The summed E-state index contributed by atoms with van der Waals surface area (Å²) in [5.74, 6) is -0.0134. The second-order valence-electron chi connectivity index (χ2n) is 3.20. The molecule has 0 saturated carbocycles. The molecule has 1 unspecified atom stereocenters. The molecule has 0 amide bonds. The molecule has 0 spiro atoms. The normalized spacial score (nSPS) is 22.1. The van der Waals surface area contributed by atoms with Crippen LogP contribution in [-0.2, 0) is 9.53 Å². The highest BCUT2D eigenvalue weighted by molar-refractivity contribution is 5.73. The van der Waals surface area contributed by atoms with Crippen molar-refractivity contribution in [2.45, 2.75) is 32.6 Å². The lowest BCUT2D eigenvalue weighted by molar-refractivity contribution is -0.142. The fraction of sp³-hybridized carbons (Fsp3) is 0.545. The van der Waals surface area contributed by atoms with Crippen molar-refractivity contribution in [2.24, 2.45) is 5.92 Å². The zero-order valence-electron chi connectivity index (χ0n) is 8.03. The lowest BCUT2D eigenvalue weighted by Crippen LogP contribution is -2.16. The molecule has 1 aliphatic carbocycles. The summed E-state index contributed by atoms with van der Waals surface area (Å²) in [6.45, 7) is 2.01. The number of carbonyl (C=O) groups excluding carboxylic acids is 1. The first kappa shape index (κ1) is 10.0. The number of hydrogen-bond donors (Lipinski definition) is 0. The molecular formula is C11H16O2. The molecule has 0 radical (unpaired) electrons. The molecule has 1 atom stereocenters. The Morgan fingerprint density at radius 1 is 1.62 bits per heavy atom. The molecule has 2 nitrogen and oxygen atoms in total. The number of allylic oxidation sites excluding steroid dienone is 3. The quantitative estimate of drug-likeness (QED) is 0.379. The molecule has 0 heterocycles. The van der Waals surface area contributed by atoms with Gasteiger partial charge in [0.25, 0.3) is 0 Å². The first-order valence-electron chi connectivity index (χ1n) is 4.85. The second kappa shape index (κ2) is 5.57. The minimum absolute atomic E-state index is 0.0755. The van der Waals surface area contributed by atoms with Crippen LogP contribution in [0, 0.1) is 5.92 Å². The number of rotatable bonds is 3. The summed E-state index contributed by atoms with van der Waals surface area (Å²) in [5.41, 5.74) is 0. The summed E-state index contributed by atoms with van der Waals surface area (Å²) in [7, 11) is 0. The number of esters is 1. The van der Waals surface area contributed by atoms with Gasteiger partial charge in [-0.25, -0.2) is 0 Å². The van der Waals surface area contributed by atoms with Crippen LogP contribution in [0.3, 0.4) is 0 Å².